The van der Waals surface area contributed by atoms with E-state index in [4.69, 9.17) is 17.3 Å². The highest BCUT2D eigenvalue weighted by Gasteiger charge is 2.38. The average molecular weight is 253 g/mol. The molecule has 17 heavy (non-hydrogen) atoms. The van der Waals surface area contributed by atoms with Gasteiger partial charge in [-0.05, 0) is 54.6 Å². The van der Waals surface area contributed by atoms with Crippen molar-refractivity contribution < 1.29 is 0 Å². The van der Waals surface area contributed by atoms with E-state index in [-0.39, 0.29) is 5.41 Å². The number of rotatable bonds is 4. The summed E-state index contributed by atoms with van der Waals surface area (Å²) in [6.45, 7) is 6.32. The minimum Gasteiger partial charge on any atom is -0.330 e. The van der Waals surface area contributed by atoms with Gasteiger partial charge < -0.3 is 11.1 Å². The summed E-state index contributed by atoms with van der Waals surface area (Å²) in [5.41, 5.74) is 8.57. The normalized spacial score (nSPS) is 21.5. The van der Waals surface area contributed by atoms with E-state index >= 15 is 0 Å². The Morgan fingerprint density at radius 2 is 2.24 bits per heavy atom. The number of nitrogens with two attached hydrogens (primary N) is 1. The maximum absolute atomic E-state index is 6.10. The van der Waals surface area contributed by atoms with E-state index < -0.39 is 0 Å². The molecule has 1 atom stereocenters. The van der Waals surface area contributed by atoms with Crippen LogP contribution in [0.3, 0.4) is 0 Å². The van der Waals surface area contributed by atoms with Gasteiger partial charge in [0, 0.05) is 11.1 Å². The first-order valence-corrected chi connectivity index (χ1v) is 6.64. The van der Waals surface area contributed by atoms with Crippen molar-refractivity contribution in [3.63, 3.8) is 0 Å². The van der Waals surface area contributed by atoms with Crippen molar-refractivity contribution in [2.24, 2.45) is 11.1 Å². The molecule has 0 spiro atoms. The lowest BCUT2D eigenvalue weighted by Gasteiger charge is -2.28. The third-order valence-corrected chi connectivity index (χ3v) is 3.81. The molecule has 0 aliphatic heterocycles. The zero-order chi connectivity index (χ0) is 12.5. The fourth-order valence-electron chi connectivity index (χ4n) is 2.74. The quantitative estimate of drug-likeness (QED) is 0.809. The molecule has 0 amide bonds. The van der Waals surface area contributed by atoms with Crippen LogP contribution in [0.25, 0.3) is 0 Å². The van der Waals surface area contributed by atoms with Crippen LogP contribution in [0.5, 0.6) is 0 Å². The smallest absolute Gasteiger partial charge is 0.0409 e. The molecule has 2 rings (SSSR count). The fraction of sp³-hybridized carbons (Fsp3) is 0.571. The zero-order valence-electron chi connectivity index (χ0n) is 10.6. The second-order valence-corrected chi connectivity index (χ2v) is 5.97. The molecule has 0 heterocycles. The predicted octanol–water partition coefficient (Wildman–Crippen LogP) is 2.90. The molecule has 3 N–H and O–H groups in total. The maximum Gasteiger partial charge on any atom is 0.0409 e. The number of hydrogen-bond donors (Lipinski definition) is 2. The lowest BCUT2D eigenvalue weighted by molar-refractivity contribution is 0.269. The highest BCUT2D eigenvalue weighted by Crippen LogP contribution is 2.45. The summed E-state index contributed by atoms with van der Waals surface area (Å²) in [5, 5.41) is 4.44. The van der Waals surface area contributed by atoms with Gasteiger partial charge in [-0.3, -0.25) is 0 Å². The molecule has 0 saturated heterocycles. The van der Waals surface area contributed by atoms with Crippen molar-refractivity contribution >= 4 is 11.6 Å². The summed E-state index contributed by atoms with van der Waals surface area (Å²) in [5.74, 6) is 0. The summed E-state index contributed by atoms with van der Waals surface area (Å²) in [4.78, 5) is 0. The SMILES string of the molecule is CC1(C)Cc2ccc(Cl)cc2C1NCCCN. The molecule has 1 aliphatic rings. The van der Waals surface area contributed by atoms with Crippen LogP contribution in [0.15, 0.2) is 18.2 Å². The molecule has 1 unspecified atom stereocenters. The molecule has 0 fully saturated rings. The molecule has 0 radical (unpaired) electrons. The van der Waals surface area contributed by atoms with E-state index in [1.807, 2.05) is 6.07 Å². The van der Waals surface area contributed by atoms with Gasteiger partial charge in [-0.15, -0.1) is 0 Å². The molecule has 94 valence electrons. The summed E-state index contributed by atoms with van der Waals surface area (Å²) < 4.78 is 0. The fourth-order valence-corrected chi connectivity index (χ4v) is 2.92. The van der Waals surface area contributed by atoms with Crippen LogP contribution in [0.4, 0.5) is 0 Å². The van der Waals surface area contributed by atoms with Crippen molar-refractivity contribution in [1.82, 2.24) is 5.32 Å². The Bertz CT molecular complexity index is 401. The molecule has 1 aromatic carbocycles. The summed E-state index contributed by atoms with van der Waals surface area (Å²) in [6.07, 6.45) is 2.13. The zero-order valence-corrected chi connectivity index (χ0v) is 11.3. The topological polar surface area (TPSA) is 38.0 Å². The number of fused-ring (bicyclic) bond motifs is 1. The van der Waals surface area contributed by atoms with Gasteiger partial charge in [0.1, 0.15) is 0 Å². The van der Waals surface area contributed by atoms with E-state index in [9.17, 15) is 0 Å². The molecule has 1 aliphatic carbocycles. The Morgan fingerprint density at radius 1 is 1.47 bits per heavy atom. The first-order valence-electron chi connectivity index (χ1n) is 6.26. The molecule has 0 aromatic heterocycles. The van der Waals surface area contributed by atoms with E-state index in [0.717, 1.165) is 31.0 Å². The minimum absolute atomic E-state index is 0.252. The highest BCUT2D eigenvalue weighted by atomic mass is 35.5. The Labute approximate surface area is 109 Å². The Hall–Kier alpha value is -0.570. The Morgan fingerprint density at radius 3 is 2.94 bits per heavy atom. The van der Waals surface area contributed by atoms with Crippen LogP contribution in [0, 0.1) is 5.41 Å². The molecular weight excluding hydrogens is 232 g/mol. The number of nitrogens with one attached hydrogen (secondary N) is 1. The van der Waals surface area contributed by atoms with Crippen molar-refractivity contribution in [2.45, 2.75) is 32.7 Å². The third-order valence-electron chi connectivity index (χ3n) is 3.58. The van der Waals surface area contributed by atoms with Crippen LogP contribution in [0.2, 0.25) is 5.02 Å². The predicted molar refractivity (Wildman–Crippen MR) is 73.4 cm³/mol. The molecule has 0 bridgehead atoms. The number of halogens is 1. The van der Waals surface area contributed by atoms with Crippen molar-refractivity contribution in [3.05, 3.63) is 34.3 Å². The van der Waals surface area contributed by atoms with Gasteiger partial charge in [-0.1, -0.05) is 31.5 Å². The third kappa shape index (κ3) is 2.65. The molecule has 3 heteroatoms. The van der Waals surface area contributed by atoms with Gasteiger partial charge in [0.05, 0.1) is 0 Å². The Balaban J connectivity index is 2.21. The van der Waals surface area contributed by atoms with Gasteiger partial charge in [0.15, 0.2) is 0 Å². The second kappa shape index (κ2) is 4.97. The molecule has 1 aromatic rings. The van der Waals surface area contributed by atoms with Gasteiger partial charge in [0.2, 0.25) is 0 Å². The van der Waals surface area contributed by atoms with Crippen molar-refractivity contribution in [3.8, 4) is 0 Å². The first kappa shape index (κ1) is 12.9. The monoisotopic (exact) mass is 252 g/mol. The minimum atomic E-state index is 0.252. The standard InChI is InChI=1S/C14H21ClN2/c1-14(2)9-10-4-5-11(15)8-12(10)13(14)17-7-3-6-16/h4-5,8,13,17H,3,6-7,9,16H2,1-2H3. The van der Waals surface area contributed by atoms with Crippen LogP contribution in [0.1, 0.15) is 37.4 Å². The highest BCUT2D eigenvalue weighted by molar-refractivity contribution is 6.30. The van der Waals surface area contributed by atoms with E-state index in [2.05, 4.69) is 31.3 Å². The molecular formula is C14H21ClN2. The van der Waals surface area contributed by atoms with Gasteiger partial charge in [0.25, 0.3) is 0 Å². The lowest BCUT2D eigenvalue weighted by atomic mass is 9.85. The Kier molecular flexibility index (Phi) is 3.76. The van der Waals surface area contributed by atoms with Crippen LogP contribution < -0.4 is 11.1 Å². The average Bonchev–Trinajstić information content (AvgIpc) is 2.50. The summed E-state index contributed by atoms with van der Waals surface area (Å²) >= 11 is 6.10. The van der Waals surface area contributed by atoms with Gasteiger partial charge in [-0.2, -0.15) is 0 Å². The number of hydrogen-bond acceptors (Lipinski definition) is 2. The van der Waals surface area contributed by atoms with E-state index in [0.29, 0.717) is 6.04 Å². The van der Waals surface area contributed by atoms with E-state index in [1.165, 1.54) is 11.1 Å². The van der Waals surface area contributed by atoms with Crippen LogP contribution in [-0.4, -0.2) is 13.1 Å². The van der Waals surface area contributed by atoms with E-state index in [1.54, 1.807) is 0 Å². The molecule has 0 saturated carbocycles. The summed E-state index contributed by atoms with van der Waals surface area (Å²) in [7, 11) is 0. The van der Waals surface area contributed by atoms with Crippen molar-refractivity contribution in [1.29, 1.82) is 0 Å². The summed E-state index contributed by atoms with van der Waals surface area (Å²) in [6, 6.07) is 6.64. The maximum atomic E-state index is 6.10. The van der Waals surface area contributed by atoms with Gasteiger partial charge in [-0.25, -0.2) is 0 Å². The molecule has 2 nitrogen and oxygen atoms in total. The first-order chi connectivity index (χ1) is 8.04. The lowest BCUT2D eigenvalue weighted by Crippen LogP contribution is -2.32. The van der Waals surface area contributed by atoms with Gasteiger partial charge >= 0.3 is 0 Å². The van der Waals surface area contributed by atoms with Crippen LogP contribution >= 0.6 is 11.6 Å². The second-order valence-electron chi connectivity index (χ2n) is 5.54. The van der Waals surface area contributed by atoms with Crippen molar-refractivity contribution in [2.75, 3.05) is 13.1 Å². The van der Waals surface area contributed by atoms with Crippen LogP contribution in [-0.2, 0) is 6.42 Å². The largest absolute Gasteiger partial charge is 0.330 e. The number of benzene rings is 1.